The number of nitriles is 1. The minimum absolute atomic E-state index is 0.588. The van der Waals surface area contributed by atoms with Gasteiger partial charge in [-0.05, 0) is 48.6 Å². The van der Waals surface area contributed by atoms with E-state index in [4.69, 9.17) is 21.3 Å². The molecule has 2 aromatic carbocycles. The molecule has 0 spiro atoms. The van der Waals surface area contributed by atoms with Crippen LogP contribution in [0.3, 0.4) is 0 Å². The standard InChI is InChI=1S/C19H16ClNO/c20-16-9-8-14(13-4-2-1-3-5-13)18-15-7-6-12(11-21)10-17(15)22-19(16)18/h6-10,13H,1-5H2. The third-order valence-electron chi connectivity index (χ3n) is 4.78. The van der Waals surface area contributed by atoms with Gasteiger partial charge in [0.25, 0.3) is 0 Å². The van der Waals surface area contributed by atoms with Crippen LogP contribution in [0.4, 0.5) is 0 Å². The Labute approximate surface area is 134 Å². The Hall–Kier alpha value is -1.98. The van der Waals surface area contributed by atoms with Gasteiger partial charge in [0.15, 0.2) is 5.58 Å². The topological polar surface area (TPSA) is 36.9 Å². The van der Waals surface area contributed by atoms with Crippen molar-refractivity contribution in [3.63, 3.8) is 0 Å². The molecular formula is C19H16ClNO. The zero-order valence-corrected chi connectivity index (χ0v) is 13.0. The smallest absolute Gasteiger partial charge is 0.154 e. The van der Waals surface area contributed by atoms with Crippen molar-refractivity contribution in [2.45, 2.75) is 38.0 Å². The molecule has 0 amide bonds. The molecule has 2 nitrogen and oxygen atoms in total. The van der Waals surface area contributed by atoms with Crippen molar-refractivity contribution in [1.82, 2.24) is 0 Å². The van der Waals surface area contributed by atoms with E-state index < -0.39 is 0 Å². The molecule has 0 atom stereocenters. The highest BCUT2D eigenvalue weighted by atomic mass is 35.5. The molecule has 0 radical (unpaired) electrons. The van der Waals surface area contributed by atoms with E-state index in [9.17, 15) is 0 Å². The number of hydrogen-bond donors (Lipinski definition) is 0. The number of nitrogens with zero attached hydrogens (tertiary/aromatic N) is 1. The highest BCUT2D eigenvalue weighted by molar-refractivity contribution is 6.36. The first-order chi connectivity index (χ1) is 10.8. The molecule has 0 aliphatic heterocycles. The fraction of sp³-hybridized carbons (Fsp3) is 0.316. The highest BCUT2D eigenvalue weighted by Gasteiger charge is 2.22. The monoisotopic (exact) mass is 309 g/mol. The van der Waals surface area contributed by atoms with Crippen LogP contribution >= 0.6 is 11.6 Å². The van der Waals surface area contributed by atoms with Crippen molar-refractivity contribution in [3.8, 4) is 6.07 Å². The summed E-state index contributed by atoms with van der Waals surface area (Å²) in [6.45, 7) is 0. The van der Waals surface area contributed by atoms with Gasteiger partial charge in [-0.15, -0.1) is 0 Å². The van der Waals surface area contributed by atoms with E-state index in [0.29, 0.717) is 16.5 Å². The van der Waals surface area contributed by atoms with Gasteiger partial charge < -0.3 is 4.42 Å². The van der Waals surface area contributed by atoms with Crippen molar-refractivity contribution in [2.24, 2.45) is 0 Å². The molecule has 4 rings (SSSR count). The van der Waals surface area contributed by atoms with Gasteiger partial charge in [-0.2, -0.15) is 5.26 Å². The number of benzene rings is 2. The lowest BCUT2D eigenvalue weighted by atomic mass is 9.82. The third kappa shape index (κ3) is 2.09. The Morgan fingerprint density at radius 2 is 1.91 bits per heavy atom. The number of fused-ring (bicyclic) bond motifs is 3. The number of halogens is 1. The molecule has 1 heterocycles. The zero-order valence-electron chi connectivity index (χ0n) is 12.2. The molecule has 1 saturated carbocycles. The van der Waals surface area contributed by atoms with E-state index in [1.54, 1.807) is 6.07 Å². The Balaban J connectivity index is 2.01. The molecule has 1 fully saturated rings. The fourth-order valence-electron chi connectivity index (χ4n) is 3.70. The predicted molar refractivity (Wildman–Crippen MR) is 89.3 cm³/mol. The van der Waals surface area contributed by atoms with Gasteiger partial charge in [-0.3, -0.25) is 0 Å². The van der Waals surface area contributed by atoms with Gasteiger partial charge in [0.2, 0.25) is 0 Å². The number of rotatable bonds is 1. The molecule has 3 aromatic rings. The molecule has 3 heteroatoms. The van der Waals surface area contributed by atoms with Crippen LogP contribution in [-0.4, -0.2) is 0 Å². The van der Waals surface area contributed by atoms with Gasteiger partial charge in [-0.1, -0.05) is 36.9 Å². The summed E-state index contributed by atoms with van der Waals surface area (Å²) in [5.74, 6) is 0.588. The van der Waals surface area contributed by atoms with E-state index in [-0.39, 0.29) is 0 Å². The first-order valence-electron chi connectivity index (χ1n) is 7.82. The quantitative estimate of drug-likeness (QED) is 0.540. The summed E-state index contributed by atoms with van der Waals surface area (Å²) in [4.78, 5) is 0. The molecule has 0 bridgehead atoms. The van der Waals surface area contributed by atoms with E-state index in [1.807, 2.05) is 18.2 Å². The summed E-state index contributed by atoms with van der Waals surface area (Å²) in [6.07, 6.45) is 6.40. The minimum Gasteiger partial charge on any atom is -0.454 e. The molecule has 22 heavy (non-hydrogen) atoms. The van der Waals surface area contributed by atoms with Crippen molar-refractivity contribution < 1.29 is 4.42 Å². The van der Waals surface area contributed by atoms with E-state index in [1.165, 1.54) is 37.7 Å². The largest absolute Gasteiger partial charge is 0.454 e. The summed E-state index contributed by atoms with van der Waals surface area (Å²) in [5.41, 5.74) is 3.47. The van der Waals surface area contributed by atoms with Crippen molar-refractivity contribution in [1.29, 1.82) is 5.26 Å². The third-order valence-corrected chi connectivity index (χ3v) is 5.08. The van der Waals surface area contributed by atoms with E-state index in [0.717, 1.165) is 21.9 Å². The van der Waals surface area contributed by atoms with Crippen LogP contribution in [0, 0.1) is 11.3 Å². The second kappa shape index (κ2) is 5.34. The van der Waals surface area contributed by atoms with Crippen LogP contribution in [-0.2, 0) is 0 Å². The summed E-state index contributed by atoms with van der Waals surface area (Å²) in [7, 11) is 0. The average Bonchev–Trinajstić information content (AvgIpc) is 2.95. The molecule has 1 aliphatic carbocycles. The molecule has 110 valence electrons. The maximum atomic E-state index is 9.07. The Morgan fingerprint density at radius 3 is 2.68 bits per heavy atom. The fourth-order valence-corrected chi connectivity index (χ4v) is 3.89. The van der Waals surface area contributed by atoms with Crippen LogP contribution in [0.1, 0.15) is 49.1 Å². The average molecular weight is 310 g/mol. The molecule has 0 N–H and O–H groups in total. The zero-order chi connectivity index (χ0) is 15.1. The maximum Gasteiger partial charge on any atom is 0.154 e. The van der Waals surface area contributed by atoms with Crippen LogP contribution in [0.25, 0.3) is 21.9 Å². The molecular weight excluding hydrogens is 294 g/mol. The summed E-state index contributed by atoms with van der Waals surface area (Å²) >= 11 is 6.35. The maximum absolute atomic E-state index is 9.07. The van der Waals surface area contributed by atoms with Crippen LogP contribution in [0.5, 0.6) is 0 Å². The predicted octanol–water partition coefficient (Wildman–Crippen LogP) is 6.16. The molecule has 1 aliphatic rings. The summed E-state index contributed by atoms with van der Waals surface area (Å²) < 4.78 is 5.97. The number of hydrogen-bond acceptors (Lipinski definition) is 2. The lowest BCUT2D eigenvalue weighted by Crippen LogP contribution is -2.04. The van der Waals surface area contributed by atoms with Gasteiger partial charge in [0.05, 0.1) is 16.7 Å². The molecule has 0 saturated heterocycles. The Morgan fingerprint density at radius 1 is 1.09 bits per heavy atom. The Kier molecular flexibility index (Phi) is 3.32. The van der Waals surface area contributed by atoms with Crippen LogP contribution in [0.2, 0.25) is 5.02 Å². The first kappa shape index (κ1) is 13.7. The normalized spacial score (nSPS) is 16.2. The van der Waals surface area contributed by atoms with Gasteiger partial charge in [0, 0.05) is 10.8 Å². The van der Waals surface area contributed by atoms with Crippen molar-refractivity contribution in [2.75, 3.05) is 0 Å². The highest BCUT2D eigenvalue weighted by Crippen LogP contribution is 2.42. The number of furan rings is 1. The van der Waals surface area contributed by atoms with Crippen LogP contribution in [0.15, 0.2) is 34.7 Å². The van der Waals surface area contributed by atoms with Crippen molar-refractivity contribution in [3.05, 3.63) is 46.5 Å². The summed E-state index contributed by atoms with van der Waals surface area (Å²) in [5, 5.41) is 11.9. The SMILES string of the molecule is N#Cc1ccc2c(c1)oc1c(Cl)ccc(C3CCCCC3)c12. The van der Waals surface area contributed by atoms with Crippen LogP contribution < -0.4 is 0 Å². The second-order valence-electron chi connectivity index (χ2n) is 6.10. The second-order valence-corrected chi connectivity index (χ2v) is 6.51. The van der Waals surface area contributed by atoms with Gasteiger partial charge in [0.1, 0.15) is 5.58 Å². The van der Waals surface area contributed by atoms with E-state index in [2.05, 4.69) is 12.1 Å². The van der Waals surface area contributed by atoms with Gasteiger partial charge >= 0.3 is 0 Å². The minimum atomic E-state index is 0.588. The molecule has 0 unspecified atom stereocenters. The van der Waals surface area contributed by atoms with E-state index >= 15 is 0 Å². The lowest BCUT2D eigenvalue weighted by molar-refractivity contribution is 0.445. The first-order valence-corrected chi connectivity index (χ1v) is 8.20. The summed E-state index contributed by atoms with van der Waals surface area (Å²) in [6, 6.07) is 11.9. The lowest BCUT2D eigenvalue weighted by Gasteiger charge is -2.22. The van der Waals surface area contributed by atoms with Crippen molar-refractivity contribution >= 4 is 33.5 Å². The molecule has 1 aromatic heterocycles. The van der Waals surface area contributed by atoms with Gasteiger partial charge in [-0.25, -0.2) is 0 Å². The Bertz CT molecular complexity index is 897.